The summed E-state index contributed by atoms with van der Waals surface area (Å²) in [4.78, 5) is 24.0. The fourth-order valence-corrected chi connectivity index (χ4v) is 1.66. The van der Waals surface area contributed by atoms with Gasteiger partial charge >= 0.3 is 12.0 Å². The monoisotopic (exact) mass is 230 g/mol. The molecule has 1 fully saturated rings. The third-order valence-electron chi connectivity index (χ3n) is 2.66. The minimum Gasteiger partial charge on any atom is -0.480 e. The predicted molar refractivity (Wildman–Crippen MR) is 57.0 cm³/mol. The topological polar surface area (TPSA) is 89.9 Å². The van der Waals surface area contributed by atoms with Gasteiger partial charge in [-0.05, 0) is 12.3 Å². The van der Waals surface area contributed by atoms with Gasteiger partial charge in [0.25, 0.3) is 0 Å². The number of likely N-dealkylation sites (tertiary alicyclic amines) is 1. The Balaban J connectivity index is 2.52. The van der Waals surface area contributed by atoms with Crippen molar-refractivity contribution in [1.82, 2.24) is 10.2 Å². The number of rotatable bonds is 3. The number of nitrogens with zero attached hydrogens (tertiary/aromatic N) is 1. The van der Waals surface area contributed by atoms with Crippen LogP contribution in [0, 0.1) is 5.92 Å². The number of hydrogen-bond donors (Lipinski definition) is 3. The van der Waals surface area contributed by atoms with Crippen molar-refractivity contribution in [2.45, 2.75) is 32.4 Å². The molecule has 1 heterocycles. The highest BCUT2D eigenvalue weighted by molar-refractivity contribution is 5.82. The lowest BCUT2D eigenvalue weighted by Gasteiger charge is -2.22. The fraction of sp³-hybridized carbons (Fsp3) is 0.800. The molecule has 6 nitrogen and oxygen atoms in total. The molecule has 0 aliphatic carbocycles. The molecular formula is C10H18N2O4. The number of aliphatic carboxylic acids is 1. The van der Waals surface area contributed by atoms with E-state index in [0.717, 1.165) is 0 Å². The molecule has 0 aromatic carbocycles. The van der Waals surface area contributed by atoms with Crippen LogP contribution >= 0.6 is 0 Å². The van der Waals surface area contributed by atoms with Gasteiger partial charge in [-0.2, -0.15) is 0 Å². The Labute approximate surface area is 94.2 Å². The molecule has 2 amide bonds. The van der Waals surface area contributed by atoms with Crippen LogP contribution in [-0.2, 0) is 4.79 Å². The van der Waals surface area contributed by atoms with Crippen molar-refractivity contribution >= 4 is 12.0 Å². The zero-order chi connectivity index (χ0) is 12.3. The first-order valence-corrected chi connectivity index (χ1v) is 5.38. The molecular weight excluding hydrogens is 212 g/mol. The summed E-state index contributed by atoms with van der Waals surface area (Å²) in [6, 6.07) is -1.30. The Kier molecular flexibility index (Phi) is 4.12. The number of nitrogens with one attached hydrogen (secondary N) is 1. The number of amides is 2. The van der Waals surface area contributed by atoms with Crippen LogP contribution in [0.4, 0.5) is 4.79 Å². The van der Waals surface area contributed by atoms with Gasteiger partial charge in [-0.3, -0.25) is 0 Å². The van der Waals surface area contributed by atoms with Crippen LogP contribution in [0.2, 0.25) is 0 Å². The molecule has 0 radical (unpaired) electrons. The first kappa shape index (κ1) is 12.8. The molecule has 1 rings (SSSR count). The molecule has 0 bridgehead atoms. The minimum atomic E-state index is -1.04. The number of carboxylic acid groups (broad SMARTS) is 1. The smallest absolute Gasteiger partial charge is 0.326 e. The van der Waals surface area contributed by atoms with Gasteiger partial charge in [-0.1, -0.05) is 13.8 Å². The standard InChI is InChI=1S/C10H18N2O4/c1-6(2)8(9(14)15)11-10(16)12-4-3-7(13)5-12/h6-8,13H,3-5H2,1-2H3,(H,11,16)(H,14,15)/t7?,8-/m0/s1. The van der Waals surface area contributed by atoms with Gasteiger partial charge in [0.2, 0.25) is 0 Å². The van der Waals surface area contributed by atoms with Crippen LogP contribution < -0.4 is 5.32 Å². The summed E-state index contributed by atoms with van der Waals surface area (Å²) < 4.78 is 0. The largest absolute Gasteiger partial charge is 0.480 e. The Morgan fingerprint density at radius 2 is 2.06 bits per heavy atom. The van der Waals surface area contributed by atoms with E-state index >= 15 is 0 Å². The number of carbonyl (C=O) groups excluding carboxylic acids is 1. The molecule has 16 heavy (non-hydrogen) atoms. The van der Waals surface area contributed by atoms with Crippen molar-refractivity contribution in [3.8, 4) is 0 Å². The molecule has 6 heteroatoms. The molecule has 1 aliphatic heterocycles. The first-order chi connectivity index (χ1) is 7.41. The molecule has 0 aromatic rings. The highest BCUT2D eigenvalue weighted by Gasteiger charge is 2.29. The second-order valence-corrected chi connectivity index (χ2v) is 4.40. The van der Waals surface area contributed by atoms with Crippen LogP contribution in [0.3, 0.4) is 0 Å². The molecule has 2 atom stereocenters. The molecule has 0 spiro atoms. The number of urea groups is 1. The van der Waals surface area contributed by atoms with Gasteiger partial charge in [-0.25, -0.2) is 9.59 Å². The maximum Gasteiger partial charge on any atom is 0.326 e. The van der Waals surface area contributed by atoms with Crippen molar-refractivity contribution < 1.29 is 19.8 Å². The van der Waals surface area contributed by atoms with E-state index in [2.05, 4.69) is 5.32 Å². The number of aliphatic hydroxyl groups is 1. The average molecular weight is 230 g/mol. The second-order valence-electron chi connectivity index (χ2n) is 4.40. The van der Waals surface area contributed by atoms with Gasteiger partial charge in [0, 0.05) is 13.1 Å². The molecule has 1 aliphatic rings. The zero-order valence-electron chi connectivity index (χ0n) is 9.51. The predicted octanol–water partition coefficient (Wildman–Crippen LogP) is -0.128. The van der Waals surface area contributed by atoms with Crippen molar-refractivity contribution in [3.63, 3.8) is 0 Å². The third-order valence-corrected chi connectivity index (χ3v) is 2.66. The van der Waals surface area contributed by atoms with E-state index in [9.17, 15) is 14.7 Å². The molecule has 3 N–H and O–H groups in total. The summed E-state index contributed by atoms with van der Waals surface area (Å²) >= 11 is 0. The lowest BCUT2D eigenvalue weighted by molar-refractivity contribution is -0.140. The lowest BCUT2D eigenvalue weighted by Crippen LogP contribution is -2.49. The maximum atomic E-state index is 11.7. The summed E-state index contributed by atoms with van der Waals surface area (Å²) in [6.07, 6.45) is 0.0559. The molecule has 0 aromatic heterocycles. The van der Waals surface area contributed by atoms with Crippen molar-refractivity contribution in [2.75, 3.05) is 13.1 Å². The quantitative estimate of drug-likeness (QED) is 0.630. The zero-order valence-corrected chi connectivity index (χ0v) is 9.51. The highest BCUT2D eigenvalue weighted by Crippen LogP contribution is 2.10. The maximum absolute atomic E-state index is 11.7. The SMILES string of the molecule is CC(C)[C@H](NC(=O)N1CCC(O)C1)C(=O)O. The van der Waals surface area contributed by atoms with E-state index in [1.165, 1.54) is 4.90 Å². The van der Waals surface area contributed by atoms with Gasteiger partial charge < -0.3 is 20.4 Å². The molecule has 92 valence electrons. The van der Waals surface area contributed by atoms with E-state index in [1.54, 1.807) is 13.8 Å². The normalized spacial score (nSPS) is 22.2. The van der Waals surface area contributed by atoms with E-state index in [4.69, 9.17) is 5.11 Å². The number of carbonyl (C=O) groups is 2. The van der Waals surface area contributed by atoms with Crippen molar-refractivity contribution in [2.24, 2.45) is 5.92 Å². The van der Waals surface area contributed by atoms with Crippen molar-refractivity contribution in [3.05, 3.63) is 0 Å². The van der Waals surface area contributed by atoms with Crippen LogP contribution in [0.25, 0.3) is 0 Å². The Morgan fingerprint density at radius 1 is 1.44 bits per heavy atom. The number of aliphatic hydroxyl groups excluding tert-OH is 1. The van der Waals surface area contributed by atoms with Crippen LogP contribution in [-0.4, -0.2) is 52.3 Å². The summed E-state index contributed by atoms with van der Waals surface area (Å²) in [7, 11) is 0. The van der Waals surface area contributed by atoms with Gasteiger partial charge in [0.15, 0.2) is 0 Å². The van der Waals surface area contributed by atoms with Crippen LogP contribution in [0.15, 0.2) is 0 Å². The number of carboxylic acids is 1. The van der Waals surface area contributed by atoms with Gasteiger partial charge in [-0.15, -0.1) is 0 Å². The summed E-state index contributed by atoms with van der Waals surface area (Å²) in [5.41, 5.74) is 0. The van der Waals surface area contributed by atoms with E-state index in [1.807, 2.05) is 0 Å². The van der Waals surface area contributed by atoms with Crippen LogP contribution in [0.5, 0.6) is 0 Å². The summed E-state index contributed by atoms with van der Waals surface area (Å²) in [5.74, 6) is -1.21. The lowest BCUT2D eigenvalue weighted by atomic mass is 10.1. The first-order valence-electron chi connectivity index (χ1n) is 5.38. The second kappa shape index (κ2) is 5.16. The van der Waals surface area contributed by atoms with E-state index < -0.39 is 24.1 Å². The Hall–Kier alpha value is -1.30. The van der Waals surface area contributed by atoms with Crippen LogP contribution in [0.1, 0.15) is 20.3 Å². The van der Waals surface area contributed by atoms with E-state index in [0.29, 0.717) is 13.0 Å². The summed E-state index contributed by atoms with van der Waals surface area (Å²) in [5, 5.41) is 20.6. The minimum absolute atomic E-state index is 0.172. The van der Waals surface area contributed by atoms with Crippen molar-refractivity contribution in [1.29, 1.82) is 0 Å². The third kappa shape index (κ3) is 3.10. The Bertz CT molecular complexity index is 280. The summed E-state index contributed by atoms with van der Waals surface area (Å²) in [6.45, 7) is 4.21. The fourth-order valence-electron chi connectivity index (χ4n) is 1.66. The average Bonchev–Trinajstić information content (AvgIpc) is 2.59. The van der Waals surface area contributed by atoms with E-state index in [-0.39, 0.29) is 12.5 Å². The Morgan fingerprint density at radius 3 is 2.44 bits per heavy atom. The highest BCUT2D eigenvalue weighted by atomic mass is 16.4. The molecule has 0 saturated carbocycles. The van der Waals surface area contributed by atoms with Gasteiger partial charge in [0.1, 0.15) is 6.04 Å². The number of hydrogen-bond acceptors (Lipinski definition) is 3. The number of β-amino-alcohol motifs (C(OH)–C–C–N with tert-alkyl or cyclic N) is 1. The van der Waals surface area contributed by atoms with Gasteiger partial charge in [0.05, 0.1) is 6.10 Å². The molecule has 1 unspecified atom stereocenters. The molecule has 1 saturated heterocycles.